The second kappa shape index (κ2) is 7.77. The van der Waals surface area contributed by atoms with Crippen LogP contribution in [-0.4, -0.2) is 21.7 Å². The molecule has 0 unspecified atom stereocenters. The molecule has 0 saturated carbocycles. The summed E-state index contributed by atoms with van der Waals surface area (Å²) in [6, 6.07) is 11.3. The Hall–Kier alpha value is -3.26. The molecule has 7 nitrogen and oxygen atoms in total. The average Bonchev–Trinajstić information content (AvgIpc) is 3.26. The summed E-state index contributed by atoms with van der Waals surface area (Å²) in [7, 11) is 0. The van der Waals surface area contributed by atoms with Crippen molar-refractivity contribution in [2.75, 3.05) is 6.61 Å². The van der Waals surface area contributed by atoms with Crippen LogP contribution in [0.25, 0.3) is 20.7 Å². The lowest BCUT2D eigenvalue weighted by Crippen LogP contribution is -1.92. The third-order valence-electron chi connectivity index (χ3n) is 4.05. The summed E-state index contributed by atoms with van der Waals surface area (Å²) in [5, 5.41) is 19.1. The monoisotopic (exact) mass is 394 g/mol. The predicted octanol–water partition coefficient (Wildman–Crippen LogP) is 5.65. The van der Waals surface area contributed by atoms with Crippen molar-refractivity contribution in [3.05, 3.63) is 54.2 Å². The maximum atomic E-state index is 10.7. The summed E-state index contributed by atoms with van der Waals surface area (Å²) in [4.78, 5) is 9.10. The number of nitrogens with zero attached hydrogens (tertiary/aromatic N) is 4. The van der Waals surface area contributed by atoms with Crippen LogP contribution in [0, 0.1) is 6.92 Å². The van der Waals surface area contributed by atoms with Crippen molar-refractivity contribution in [3.63, 3.8) is 0 Å². The van der Waals surface area contributed by atoms with Gasteiger partial charge >= 0.3 is 0 Å². The minimum Gasteiger partial charge on any atom is -0.504 e. The number of hydrogen-bond donors (Lipinski definition) is 1. The van der Waals surface area contributed by atoms with E-state index in [0.717, 1.165) is 17.1 Å². The van der Waals surface area contributed by atoms with Gasteiger partial charge < -0.3 is 14.3 Å². The number of aryl methyl sites for hydroxylation is 1. The second-order valence-electron chi connectivity index (χ2n) is 6.00. The van der Waals surface area contributed by atoms with Crippen LogP contribution in [0.4, 0.5) is 5.82 Å². The van der Waals surface area contributed by atoms with Gasteiger partial charge in [-0.25, -0.2) is 9.97 Å². The van der Waals surface area contributed by atoms with E-state index in [1.807, 2.05) is 50.2 Å². The predicted molar refractivity (Wildman–Crippen MR) is 107 cm³/mol. The van der Waals surface area contributed by atoms with E-state index in [2.05, 4.69) is 20.2 Å². The molecule has 0 radical (unpaired) electrons. The molecule has 4 rings (SSSR count). The summed E-state index contributed by atoms with van der Waals surface area (Å²) in [6.07, 6.45) is 1.37. The van der Waals surface area contributed by atoms with Crippen LogP contribution < -0.4 is 4.74 Å². The second-order valence-corrected chi connectivity index (χ2v) is 7.02. The number of aromatic hydroxyl groups is 1. The summed E-state index contributed by atoms with van der Waals surface area (Å²) in [6.45, 7) is 4.65. The number of benzene rings is 1. The van der Waals surface area contributed by atoms with Crippen LogP contribution in [0.2, 0.25) is 0 Å². The van der Waals surface area contributed by atoms with Crippen molar-refractivity contribution in [2.45, 2.75) is 20.4 Å². The van der Waals surface area contributed by atoms with Gasteiger partial charge in [-0.15, -0.1) is 16.5 Å². The highest BCUT2D eigenvalue weighted by Crippen LogP contribution is 2.47. The van der Waals surface area contributed by atoms with E-state index >= 15 is 0 Å². The van der Waals surface area contributed by atoms with E-state index in [1.54, 1.807) is 0 Å². The van der Waals surface area contributed by atoms with E-state index in [-0.39, 0.29) is 5.75 Å². The molecule has 0 aliphatic carbocycles. The lowest BCUT2D eigenvalue weighted by atomic mass is 10.1. The van der Waals surface area contributed by atoms with Gasteiger partial charge in [0.1, 0.15) is 40.4 Å². The fraction of sp³-hybridized carbons (Fsp3) is 0.200. The number of azo groups is 1. The Morgan fingerprint density at radius 1 is 1.18 bits per heavy atom. The van der Waals surface area contributed by atoms with Crippen molar-refractivity contribution in [1.29, 1.82) is 0 Å². The number of fused-ring (bicyclic) bond motifs is 1. The first-order valence-electron chi connectivity index (χ1n) is 8.79. The quantitative estimate of drug-likeness (QED) is 0.427. The van der Waals surface area contributed by atoms with Gasteiger partial charge in [0.2, 0.25) is 0 Å². The van der Waals surface area contributed by atoms with Crippen molar-refractivity contribution in [2.24, 2.45) is 10.2 Å². The molecule has 28 heavy (non-hydrogen) atoms. The van der Waals surface area contributed by atoms with Crippen LogP contribution in [0.1, 0.15) is 18.4 Å². The van der Waals surface area contributed by atoms with Crippen molar-refractivity contribution in [1.82, 2.24) is 9.97 Å². The van der Waals surface area contributed by atoms with Crippen molar-refractivity contribution in [3.8, 4) is 21.9 Å². The number of furan rings is 1. The first kappa shape index (κ1) is 18.1. The Bertz CT molecular complexity index is 1150. The number of hydrogen-bond acceptors (Lipinski definition) is 8. The molecule has 0 aliphatic rings. The lowest BCUT2D eigenvalue weighted by molar-refractivity contribution is 0.341. The highest BCUT2D eigenvalue weighted by Gasteiger charge is 2.20. The normalized spacial score (nSPS) is 11.5. The standard InChI is InChI=1S/C20H18N4O3S/c1-3-26-15-7-5-4-6-14(15)18-17(25)16-19(28-18)20(22-11-21-16)24-23-10-13-9-8-12(2)27-13/h4-9,11,25H,3,10H2,1-2H3. The Labute approximate surface area is 165 Å². The van der Waals surface area contributed by atoms with E-state index < -0.39 is 0 Å². The molecule has 3 aromatic heterocycles. The zero-order valence-corrected chi connectivity index (χ0v) is 16.2. The molecule has 0 saturated heterocycles. The third kappa shape index (κ3) is 3.46. The summed E-state index contributed by atoms with van der Waals surface area (Å²) < 4.78 is 11.9. The van der Waals surface area contributed by atoms with Crippen LogP contribution in [-0.2, 0) is 6.54 Å². The summed E-state index contributed by atoms with van der Waals surface area (Å²) >= 11 is 1.36. The van der Waals surface area contributed by atoms with Crippen molar-refractivity contribution >= 4 is 27.4 Å². The molecule has 1 N–H and O–H groups in total. The lowest BCUT2D eigenvalue weighted by Gasteiger charge is -2.08. The minimum atomic E-state index is 0.0904. The summed E-state index contributed by atoms with van der Waals surface area (Å²) in [5.41, 5.74) is 1.25. The molecule has 1 aromatic carbocycles. The SMILES string of the molecule is CCOc1ccccc1-c1sc2c(N=NCc3ccc(C)o3)ncnc2c1O. The summed E-state index contributed by atoms with van der Waals surface area (Å²) in [5.74, 6) is 2.76. The highest BCUT2D eigenvalue weighted by atomic mass is 32.1. The molecular weight excluding hydrogens is 376 g/mol. The Morgan fingerprint density at radius 2 is 2.04 bits per heavy atom. The van der Waals surface area contributed by atoms with Gasteiger partial charge in [-0.05, 0) is 38.1 Å². The number of rotatable bonds is 6. The van der Waals surface area contributed by atoms with Crippen LogP contribution in [0.15, 0.2) is 57.4 Å². The molecule has 0 amide bonds. The maximum Gasteiger partial charge on any atom is 0.195 e. The zero-order valence-electron chi connectivity index (χ0n) is 15.4. The van der Waals surface area contributed by atoms with Gasteiger partial charge in [0.15, 0.2) is 11.6 Å². The number of ether oxygens (including phenoxy) is 1. The van der Waals surface area contributed by atoms with Crippen LogP contribution in [0.5, 0.6) is 11.5 Å². The number of thiophene rings is 1. The smallest absolute Gasteiger partial charge is 0.195 e. The number of aromatic nitrogens is 2. The largest absolute Gasteiger partial charge is 0.504 e. The zero-order chi connectivity index (χ0) is 19.5. The van der Waals surface area contributed by atoms with E-state index in [4.69, 9.17) is 9.15 Å². The molecule has 4 aromatic rings. The third-order valence-corrected chi connectivity index (χ3v) is 5.25. The minimum absolute atomic E-state index is 0.0904. The van der Waals surface area contributed by atoms with Gasteiger partial charge in [0, 0.05) is 5.56 Å². The van der Waals surface area contributed by atoms with Gasteiger partial charge in [0.05, 0.1) is 11.5 Å². The topological polar surface area (TPSA) is 93.1 Å². The van der Waals surface area contributed by atoms with Gasteiger partial charge in [-0.2, -0.15) is 5.11 Å². The molecule has 3 heterocycles. The first-order valence-corrected chi connectivity index (χ1v) is 9.60. The Balaban J connectivity index is 1.72. The molecule has 0 atom stereocenters. The van der Waals surface area contributed by atoms with Gasteiger partial charge in [0.25, 0.3) is 0 Å². The fourth-order valence-corrected chi connectivity index (χ4v) is 3.92. The molecule has 0 fully saturated rings. The average molecular weight is 394 g/mol. The Kier molecular flexibility index (Phi) is 5.03. The molecule has 0 bridgehead atoms. The molecule has 0 spiro atoms. The van der Waals surface area contributed by atoms with E-state index in [1.165, 1.54) is 17.7 Å². The van der Waals surface area contributed by atoms with E-state index in [0.29, 0.717) is 39.8 Å². The number of para-hydroxylation sites is 1. The van der Waals surface area contributed by atoms with Gasteiger partial charge in [-0.3, -0.25) is 0 Å². The molecular formula is C20H18N4O3S. The maximum absolute atomic E-state index is 10.7. The fourth-order valence-electron chi connectivity index (χ4n) is 2.82. The van der Waals surface area contributed by atoms with Gasteiger partial charge in [-0.1, -0.05) is 12.1 Å². The molecule has 8 heteroatoms. The van der Waals surface area contributed by atoms with E-state index in [9.17, 15) is 5.11 Å². The van der Waals surface area contributed by atoms with Crippen LogP contribution >= 0.6 is 11.3 Å². The Morgan fingerprint density at radius 3 is 2.82 bits per heavy atom. The van der Waals surface area contributed by atoms with Crippen molar-refractivity contribution < 1.29 is 14.3 Å². The molecule has 0 aliphatic heterocycles. The molecule has 142 valence electrons. The first-order chi connectivity index (χ1) is 13.7. The highest BCUT2D eigenvalue weighted by molar-refractivity contribution is 7.23. The van der Waals surface area contributed by atoms with Crippen LogP contribution in [0.3, 0.4) is 0 Å².